The zero-order chi connectivity index (χ0) is 13.6. The predicted octanol–water partition coefficient (Wildman–Crippen LogP) is -0.635. The minimum absolute atomic E-state index is 0.0298. The van der Waals surface area contributed by atoms with E-state index in [0.717, 1.165) is 0 Å². The van der Waals surface area contributed by atoms with Crippen molar-refractivity contribution in [2.45, 2.75) is 6.61 Å². The number of hydrogen-bond donors (Lipinski definition) is 3. The number of methoxy groups -OCH3 is 1. The molecule has 4 N–H and O–H groups in total. The Kier molecular flexibility index (Phi) is 5.25. The Bertz CT molecular complexity index is 491. The maximum atomic E-state index is 11.0. The highest BCUT2D eigenvalue weighted by Gasteiger charge is 2.05. The van der Waals surface area contributed by atoms with Crippen molar-refractivity contribution in [3.05, 3.63) is 11.9 Å². The number of nitrogen functional groups attached to an aromatic ring is 1. The number of aromatic nitrogens is 2. The molecule has 0 saturated carbocycles. The van der Waals surface area contributed by atoms with E-state index in [-0.39, 0.29) is 18.9 Å². The number of sulfone groups is 1. The Morgan fingerprint density at radius 1 is 1.39 bits per heavy atom. The number of nitrogens with two attached hydrogens (primary N) is 1. The molecule has 1 heterocycles. The van der Waals surface area contributed by atoms with Gasteiger partial charge in [-0.25, -0.2) is 24.2 Å². The molecule has 0 spiro atoms. The highest BCUT2D eigenvalue weighted by molar-refractivity contribution is 7.90. The molecule has 0 fully saturated rings. The van der Waals surface area contributed by atoms with Gasteiger partial charge in [0.1, 0.15) is 28.1 Å². The van der Waals surface area contributed by atoms with Crippen LogP contribution in [-0.4, -0.2) is 44.0 Å². The fourth-order valence-electron chi connectivity index (χ4n) is 1.22. The molecule has 18 heavy (non-hydrogen) atoms. The summed E-state index contributed by atoms with van der Waals surface area (Å²) in [6.45, 7) is 0.516. The van der Waals surface area contributed by atoms with Gasteiger partial charge in [-0.2, -0.15) is 0 Å². The van der Waals surface area contributed by atoms with Gasteiger partial charge in [-0.15, -0.1) is 0 Å². The molecule has 102 valence electrons. The summed E-state index contributed by atoms with van der Waals surface area (Å²) in [5.74, 6) is 6.68. The van der Waals surface area contributed by atoms with Crippen LogP contribution in [0.25, 0.3) is 0 Å². The second kappa shape index (κ2) is 6.47. The van der Waals surface area contributed by atoms with Gasteiger partial charge in [0.2, 0.25) is 0 Å². The summed E-state index contributed by atoms with van der Waals surface area (Å²) in [5, 5.41) is 2.89. The fourth-order valence-corrected chi connectivity index (χ4v) is 1.69. The van der Waals surface area contributed by atoms with E-state index in [1.54, 1.807) is 6.07 Å². The first kappa shape index (κ1) is 14.6. The maximum Gasteiger partial charge on any atom is 0.158 e. The van der Waals surface area contributed by atoms with Crippen LogP contribution in [0.1, 0.15) is 5.82 Å². The zero-order valence-corrected chi connectivity index (χ0v) is 11.1. The van der Waals surface area contributed by atoms with Gasteiger partial charge in [-0.1, -0.05) is 0 Å². The molecule has 0 aliphatic rings. The summed E-state index contributed by atoms with van der Waals surface area (Å²) in [6, 6.07) is 1.58. The predicted molar refractivity (Wildman–Crippen MR) is 68.8 cm³/mol. The molecule has 0 bridgehead atoms. The summed E-state index contributed by atoms with van der Waals surface area (Å²) in [6.07, 6.45) is 1.18. The van der Waals surface area contributed by atoms with Crippen molar-refractivity contribution in [1.29, 1.82) is 0 Å². The molecule has 0 saturated heterocycles. The molecule has 0 aromatic carbocycles. The van der Waals surface area contributed by atoms with E-state index in [9.17, 15) is 8.42 Å². The van der Waals surface area contributed by atoms with Crippen LogP contribution in [0.4, 0.5) is 11.6 Å². The average Bonchev–Trinajstić information content (AvgIpc) is 2.27. The third kappa shape index (κ3) is 5.25. The summed E-state index contributed by atoms with van der Waals surface area (Å²) >= 11 is 0. The number of ether oxygens (including phenoxy) is 1. The van der Waals surface area contributed by atoms with Crippen molar-refractivity contribution in [2.24, 2.45) is 5.84 Å². The molecule has 9 heteroatoms. The number of rotatable bonds is 7. The molecule has 1 aromatic rings. The van der Waals surface area contributed by atoms with Crippen LogP contribution in [0, 0.1) is 0 Å². The van der Waals surface area contributed by atoms with E-state index < -0.39 is 9.84 Å². The lowest BCUT2D eigenvalue weighted by molar-refractivity contribution is 0.178. The van der Waals surface area contributed by atoms with E-state index in [0.29, 0.717) is 17.5 Å². The molecular weight excluding hydrogens is 258 g/mol. The quantitative estimate of drug-likeness (QED) is 0.444. The number of nitrogens with zero attached hydrogens (tertiary/aromatic N) is 2. The molecule has 0 aliphatic heterocycles. The van der Waals surface area contributed by atoms with Gasteiger partial charge in [0, 0.05) is 26.0 Å². The number of hydrazine groups is 1. The lowest BCUT2D eigenvalue weighted by Crippen LogP contribution is -2.17. The van der Waals surface area contributed by atoms with Crippen molar-refractivity contribution < 1.29 is 13.2 Å². The van der Waals surface area contributed by atoms with Crippen LogP contribution in [0.2, 0.25) is 0 Å². The molecule has 0 amide bonds. The number of anilines is 2. The number of nitrogens with one attached hydrogen (secondary N) is 2. The minimum Gasteiger partial charge on any atom is -0.377 e. The first-order valence-electron chi connectivity index (χ1n) is 5.19. The lowest BCUT2D eigenvalue weighted by Gasteiger charge is -2.08. The van der Waals surface area contributed by atoms with Crippen LogP contribution >= 0.6 is 0 Å². The Balaban J connectivity index is 2.72. The second-order valence-corrected chi connectivity index (χ2v) is 5.95. The highest BCUT2D eigenvalue weighted by atomic mass is 32.2. The summed E-state index contributed by atoms with van der Waals surface area (Å²) in [7, 11) is -1.47. The first-order chi connectivity index (χ1) is 8.44. The van der Waals surface area contributed by atoms with Crippen LogP contribution in [0.3, 0.4) is 0 Å². The largest absolute Gasteiger partial charge is 0.377 e. The molecule has 0 atom stereocenters. The zero-order valence-electron chi connectivity index (χ0n) is 10.3. The lowest BCUT2D eigenvalue weighted by atomic mass is 10.5. The van der Waals surface area contributed by atoms with Gasteiger partial charge in [-0.3, -0.25) is 0 Å². The summed E-state index contributed by atoms with van der Waals surface area (Å²) in [4.78, 5) is 8.22. The second-order valence-electron chi connectivity index (χ2n) is 3.69. The van der Waals surface area contributed by atoms with Gasteiger partial charge < -0.3 is 15.5 Å². The van der Waals surface area contributed by atoms with Crippen molar-refractivity contribution in [3.63, 3.8) is 0 Å². The number of hydrogen-bond acceptors (Lipinski definition) is 8. The van der Waals surface area contributed by atoms with Crippen molar-refractivity contribution in [2.75, 3.05) is 36.4 Å². The monoisotopic (exact) mass is 275 g/mol. The Hall–Kier alpha value is -1.45. The first-order valence-corrected chi connectivity index (χ1v) is 7.26. The Morgan fingerprint density at radius 2 is 2.06 bits per heavy atom. The van der Waals surface area contributed by atoms with Crippen molar-refractivity contribution in [1.82, 2.24) is 9.97 Å². The molecular formula is C9H17N5O3S. The molecule has 1 aromatic heterocycles. The van der Waals surface area contributed by atoms with Crippen LogP contribution in [-0.2, 0) is 21.2 Å². The maximum absolute atomic E-state index is 11.0. The van der Waals surface area contributed by atoms with E-state index >= 15 is 0 Å². The van der Waals surface area contributed by atoms with Gasteiger partial charge in [-0.05, 0) is 0 Å². The van der Waals surface area contributed by atoms with E-state index in [2.05, 4.69) is 20.7 Å². The normalized spacial score (nSPS) is 11.3. The van der Waals surface area contributed by atoms with E-state index in [1.807, 2.05) is 0 Å². The van der Waals surface area contributed by atoms with Crippen LogP contribution in [0.15, 0.2) is 6.07 Å². The molecule has 0 unspecified atom stereocenters. The van der Waals surface area contributed by atoms with Crippen molar-refractivity contribution in [3.8, 4) is 0 Å². The topological polar surface area (TPSA) is 119 Å². The third-order valence-corrected chi connectivity index (χ3v) is 2.92. The van der Waals surface area contributed by atoms with Crippen LogP contribution < -0.4 is 16.6 Å². The fraction of sp³-hybridized carbons (Fsp3) is 0.556. The van der Waals surface area contributed by atoms with Gasteiger partial charge in [0.05, 0.1) is 5.75 Å². The summed E-state index contributed by atoms with van der Waals surface area (Å²) in [5.41, 5.74) is 2.41. The van der Waals surface area contributed by atoms with E-state index in [4.69, 9.17) is 10.6 Å². The Labute approximate surface area is 106 Å². The van der Waals surface area contributed by atoms with Gasteiger partial charge >= 0.3 is 0 Å². The average molecular weight is 275 g/mol. The van der Waals surface area contributed by atoms with Crippen molar-refractivity contribution >= 4 is 21.5 Å². The highest BCUT2D eigenvalue weighted by Crippen LogP contribution is 2.10. The SMILES string of the molecule is COCc1nc(NN)cc(NCCS(C)(=O)=O)n1. The third-order valence-electron chi connectivity index (χ3n) is 1.97. The Morgan fingerprint density at radius 3 is 2.61 bits per heavy atom. The minimum atomic E-state index is -3.00. The van der Waals surface area contributed by atoms with Crippen LogP contribution in [0.5, 0.6) is 0 Å². The molecule has 0 radical (unpaired) electrons. The van der Waals surface area contributed by atoms with E-state index in [1.165, 1.54) is 13.4 Å². The molecule has 8 nitrogen and oxygen atoms in total. The standard InChI is InChI=1S/C9H17N5O3S/c1-17-6-9-12-7(5-8(13-9)14-10)11-3-4-18(2,15)16/h5H,3-4,6,10H2,1-2H3,(H2,11,12,13,14). The molecule has 1 rings (SSSR count). The smallest absolute Gasteiger partial charge is 0.158 e. The van der Waals surface area contributed by atoms with Gasteiger partial charge in [0.25, 0.3) is 0 Å². The summed E-state index contributed by atoms with van der Waals surface area (Å²) < 4.78 is 26.9. The molecule has 0 aliphatic carbocycles. The van der Waals surface area contributed by atoms with Gasteiger partial charge in [0.15, 0.2) is 5.82 Å².